The number of ether oxygens (including phenoxy) is 1. The highest BCUT2D eigenvalue weighted by Crippen LogP contribution is 2.25. The van der Waals surface area contributed by atoms with E-state index in [1.807, 2.05) is 6.92 Å². The van der Waals surface area contributed by atoms with Crippen molar-refractivity contribution in [2.75, 3.05) is 13.2 Å². The first-order valence-electron chi connectivity index (χ1n) is 6.61. The van der Waals surface area contributed by atoms with Crippen molar-refractivity contribution < 1.29 is 9.53 Å². The van der Waals surface area contributed by atoms with Crippen LogP contribution in [0.4, 0.5) is 0 Å². The summed E-state index contributed by atoms with van der Waals surface area (Å²) in [5.41, 5.74) is 0. The van der Waals surface area contributed by atoms with Gasteiger partial charge in [-0.05, 0) is 39.2 Å². The second-order valence-corrected chi connectivity index (χ2v) is 4.57. The summed E-state index contributed by atoms with van der Waals surface area (Å²) < 4.78 is 5.08. The summed E-state index contributed by atoms with van der Waals surface area (Å²) in [5, 5.41) is 3.48. The fraction of sp³-hybridized carbons (Fsp3) is 0.786. The molecule has 0 amide bonds. The molecule has 2 atom stereocenters. The quantitative estimate of drug-likeness (QED) is 0.437. The Hall–Kier alpha value is -1.01. The van der Waals surface area contributed by atoms with Gasteiger partial charge in [-0.25, -0.2) is 0 Å². The van der Waals surface area contributed by atoms with E-state index in [1.165, 1.54) is 0 Å². The van der Waals surface area contributed by atoms with Gasteiger partial charge >= 0.3 is 5.97 Å². The van der Waals surface area contributed by atoms with E-state index >= 15 is 0 Å². The Balaban J connectivity index is 2.24. The zero-order chi connectivity index (χ0) is 12.5. The Morgan fingerprint density at radius 3 is 3.06 bits per heavy atom. The lowest BCUT2D eigenvalue weighted by molar-refractivity contribution is -0.149. The van der Waals surface area contributed by atoms with Gasteiger partial charge in [0.05, 0.1) is 12.5 Å². The molecule has 96 valence electrons. The molecule has 2 unspecified atom stereocenters. The van der Waals surface area contributed by atoms with E-state index in [1.54, 1.807) is 0 Å². The lowest BCUT2D eigenvalue weighted by Crippen LogP contribution is -2.37. The lowest BCUT2D eigenvalue weighted by atomic mass is 9.85. The van der Waals surface area contributed by atoms with Crippen molar-refractivity contribution in [3.8, 4) is 12.3 Å². The Morgan fingerprint density at radius 1 is 1.53 bits per heavy atom. The molecule has 17 heavy (non-hydrogen) atoms. The number of hydrogen-bond donors (Lipinski definition) is 1. The highest BCUT2D eigenvalue weighted by Gasteiger charge is 2.27. The predicted octanol–water partition coefficient (Wildman–Crippen LogP) is 2.11. The van der Waals surface area contributed by atoms with Crippen LogP contribution in [-0.2, 0) is 9.53 Å². The second kappa shape index (κ2) is 8.14. The van der Waals surface area contributed by atoms with E-state index in [9.17, 15) is 4.79 Å². The Kier molecular flexibility index (Phi) is 6.73. The van der Waals surface area contributed by atoms with Crippen LogP contribution in [0.15, 0.2) is 0 Å². The van der Waals surface area contributed by atoms with Crippen molar-refractivity contribution in [1.29, 1.82) is 0 Å². The summed E-state index contributed by atoms with van der Waals surface area (Å²) in [4.78, 5) is 11.6. The van der Waals surface area contributed by atoms with Crippen molar-refractivity contribution in [1.82, 2.24) is 5.32 Å². The number of carbonyl (C=O) groups excluding carboxylic acids is 1. The van der Waals surface area contributed by atoms with E-state index in [4.69, 9.17) is 11.2 Å². The molecule has 1 aliphatic rings. The minimum atomic E-state index is -0.0253. The SMILES string of the molecule is C#CCCCNC1CCCC(C(=O)OCC)C1. The fourth-order valence-electron chi connectivity index (χ4n) is 2.35. The summed E-state index contributed by atoms with van der Waals surface area (Å²) in [5.74, 6) is 2.70. The molecule has 1 fully saturated rings. The normalized spacial score (nSPS) is 24.0. The molecule has 0 spiro atoms. The monoisotopic (exact) mass is 237 g/mol. The summed E-state index contributed by atoms with van der Waals surface area (Å²) in [6.45, 7) is 3.29. The maximum atomic E-state index is 11.6. The average molecular weight is 237 g/mol. The molecule has 1 saturated carbocycles. The zero-order valence-electron chi connectivity index (χ0n) is 10.7. The van der Waals surface area contributed by atoms with Gasteiger partial charge in [0.2, 0.25) is 0 Å². The van der Waals surface area contributed by atoms with Gasteiger partial charge < -0.3 is 10.1 Å². The Labute approximate surface area is 104 Å². The van der Waals surface area contributed by atoms with Crippen LogP contribution in [-0.4, -0.2) is 25.2 Å². The van der Waals surface area contributed by atoms with Crippen molar-refractivity contribution in [3.63, 3.8) is 0 Å². The molecule has 0 heterocycles. The Bertz CT molecular complexity index is 270. The first-order valence-corrected chi connectivity index (χ1v) is 6.61. The van der Waals surface area contributed by atoms with Crippen molar-refractivity contribution in [2.24, 2.45) is 5.92 Å². The van der Waals surface area contributed by atoms with Gasteiger partial charge in [-0.2, -0.15) is 0 Å². The third-order valence-corrected chi connectivity index (χ3v) is 3.23. The van der Waals surface area contributed by atoms with E-state index in [0.717, 1.165) is 45.1 Å². The molecule has 1 aliphatic carbocycles. The third kappa shape index (κ3) is 5.23. The molecule has 0 bridgehead atoms. The summed E-state index contributed by atoms with van der Waals surface area (Å²) in [7, 11) is 0. The Morgan fingerprint density at radius 2 is 2.35 bits per heavy atom. The van der Waals surface area contributed by atoms with Crippen LogP contribution in [0, 0.1) is 18.3 Å². The van der Waals surface area contributed by atoms with Gasteiger partial charge in [-0.1, -0.05) is 6.42 Å². The molecular formula is C14H23NO2. The van der Waals surface area contributed by atoms with Gasteiger partial charge in [-0.15, -0.1) is 12.3 Å². The van der Waals surface area contributed by atoms with Crippen LogP contribution in [0.25, 0.3) is 0 Å². The number of rotatable bonds is 6. The molecule has 0 aromatic rings. The van der Waals surface area contributed by atoms with Crippen molar-refractivity contribution in [3.05, 3.63) is 0 Å². The summed E-state index contributed by atoms with van der Waals surface area (Å²) in [6, 6.07) is 0.455. The van der Waals surface area contributed by atoms with Crippen LogP contribution in [0.5, 0.6) is 0 Å². The van der Waals surface area contributed by atoms with Gasteiger partial charge in [0.1, 0.15) is 0 Å². The second-order valence-electron chi connectivity index (χ2n) is 4.57. The van der Waals surface area contributed by atoms with E-state index in [-0.39, 0.29) is 11.9 Å². The minimum absolute atomic E-state index is 0.0253. The minimum Gasteiger partial charge on any atom is -0.466 e. The topological polar surface area (TPSA) is 38.3 Å². The molecular weight excluding hydrogens is 214 g/mol. The van der Waals surface area contributed by atoms with Gasteiger partial charge in [0.25, 0.3) is 0 Å². The third-order valence-electron chi connectivity index (χ3n) is 3.23. The molecule has 0 aromatic carbocycles. The fourth-order valence-corrected chi connectivity index (χ4v) is 2.35. The molecule has 1 N–H and O–H groups in total. The molecule has 0 radical (unpaired) electrons. The van der Waals surface area contributed by atoms with Crippen LogP contribution in [0.1, 0.15) is 45.4 Å². The maximum absolute atomic E-state index is 11.6. The van der Waals surface area contributed by atoms with Crippen LogP contribution >= 0.6 is 0 Å². The number of hydrogen-bond acceptors (Lipinski definition) is 3. The summed E-state index contributed by atoms with van der Waals surface area (Å²) in [6.07, 6.45) is 11.2. The molecule has 3 nitrogen and oxygen atoms in total. The largest absolute Gasteiger partial charge is 0.466 e. The highest BCUT2D eigenvalue weighted by molar-refractivity contribution is 5.72. The highest BCUT2D eigenvalue weighted by atomic mass is 16.5. The first kappa shape index (κ1) is 14.1. The molecule has 3 heteroatoms. The number of esters is 1. The van der Waals surface area contributed by atoms with E-state index in [0.29, 0.717) is 12.6 Å². The van der Waals surface area contributed by atoms with Crippen LogP contribution in [0.3, 0.4) is 0 Å². The molecule has 0 aromatic heterocycles. The number of terminal acetylenes is 1. The van der Waals surface area contributed by atoms with E-state index < -0.39 is 0 Å². The average Bonchev–Trinajstić information content (AvgIpc) is 2.35. The zero-order valence-corrected chi connectivity index (χ0v) is 10.7. The first-order chi connectivity index (χ1) is 8.27. The molecule has 0 aliphatic heterocycles. The maximum Gasteiger partial charge on any atom is 0.308 e. The smallest absolute Gasteiger partial charge is 0.308 e. The van der Waals surface area contributed by atoms with Gasteiger partial charge in [-0.3, -0.25) is 4.79 Å². The predicted molar refractivity (Wildman–Crippen MR) is 68.4 cm³/mol. The molecule has 1 rings (SSSR count). The van der Waals surface area contributed by atoms with Crippen LogP contribution in [0.2, 0.25) is 0 Å². The molecule has 0 saturated heterocycles. The number of carbonyl (C=O) groups is 1. The van der Waals surface area contributed by atoms with Gasteiger partial charge in [0.15, 0.2) is 0 Å². The van der Waals surface area contributed by atoms with Gasteiger partial charge in [0, 0.05) is 12.5 Å². The number of nitrogens with one attached hydrogen (secondary N) is 1. The van der Waals surface area contributed by atoms with E-state index in [2.05, 4.69) is 11.2 Å². The number of unbranched alkanes of at least 4 members (excludes halogenated alkanes) is 1. The van der Waals surface area contributed by atoms with Crippen molar-refractivity contribution >= 4 is 5.97 Å². The lowest BCUT2D eigenvalue weighted by Gasteiger charge is -2.28. The van der Waals surface area contributed by atoms with Crippen molar-refractivity contribution in [2.45, 2.75) is 51.5 Å². The standard InChI is InChI=1S/C14H23NO2/c1-3-5-6-10-15-13-9-7-8-12(11-13)14(16)17-4-2/h1,12-13,15H,4-11H2,2H3. The van der Waals surface area contributed by atoms with Crippen LogP contribution < -0.4 is 5.32 Å². The summed E-state index contributed by atoms with van der Waals surface area (Å²) >= 11 is 0.